The average Bonchev–Trinajstić information content (AvgIpc) is 2.80. The van der Waals surface area contributed by atoms with Crippen molar-refractivity contribution in [3.8, 4) is 11.3 Å². The molecule has 0 saturated heterocycles. The van der Waals surface area contributed by atoms with Crippen LogP contribution in [0.2, 0.25) is 0 Å². The van der Waals surface area contributed by atoms with Gasteiger partial charge in [-0.3, -0.25) is 9.78 Å². The number of nitrogens with zero attached hydrogens (tertiary/aromatic N) is 2. The molecule has 5 heteroatoms. The first-order valence-corrected chi connectivity index (χ1v) is 13.1. The minimum absolute atomic E-state index is 0. The van der Waals surface area contributed by atoms with Crippen LogP contribution in [0, 0.1) is 51.5 Å². The van der Waals surface area contributed by atoms with E-state index in [1.54, 1.807) is 0 Å². The molecule has 0 fully saturated rings. The monoisotopic (exact) mass is 702 g/mol. The smallest absolute Gasteiger partial charge is 0.164 e. The van der Waals surface area contributed by atoms with Gasteiger partial charge in [-0.25, -0.2) is 0 Å². The molecule has 0 atom stereocenters. The molecule has 4 rings (SSSR count). The van der Waals surface area contributed by atoms with E-state index in [0.29, 0.717) is 0 Å². The zero-order valence-electron chi connectivity index (χ0n) is 25.1. The van der Waals surface area contributed by atoms with E-state index in [1.807, 2.05) is 54.7 Å². The SMILES string of the molecule is CC(C)(C)C(=O)/C=C(\O)C(C)(C)C.Cc1cc2c(ccc3c(-c4[c-]c(C)c(C)c(C)c4)nccc32)c(C)n1.[Ir]. The molecule has 2 aromatic carbocycles. The molecule has 2 aromatic heterocycles. The van der Waals surface area contributed by atoms with Crippen molar-refractivity contribution in [1.82, 2.24) is 9.97 Å². The largest absolute Gasteiger partial charge is 0.512 e. The van der Waals surface area contributed by atoms with Gasteiger partial charge in [-0.15, -0.1) is 34.4 Å². The molecule has 209 valence electrons. The van der Waals surface area contributed by atoms with Crippen LogP contribution in [-0.4, -0.2) is 20.9 Å². The normalized spacial score (nSPS) is 12.1. The van der Waals surface area contributed by atoms with E-state index < -0.39 is 5.41 Å². The van der Waals surface area contributed by atoms with Gasteiger partial charge in [0.15, 0.2) is 5.78 Å². The van der Waals surface area contributed by atoms with Crippen LogP contribution in [0.4, 0.5) is 0 Å². The fourth-order valence-electron chi connectivity index (χ4n) is 4.17. The summed E-state index contributed by atoms with van der Waals surface area (Å²) in [6, 6.07) is 14.3. The summed E-state index contributed by atoms with van der Waals surface area (Å²) >= 11 is 0. The van der Waals surface area contributed by atoms with Gasteiger partial charge in [0.05, 0.1) is 0 Å². The molecule has 0 saturated carbocycles. The first-order valence-electron chi connectivity index (χ1n) is 13.1. The van der Waals surface area contributed by atoms with Crippen molar-refractivity contribution in [2.75, 3.05) is 0 Å². The Bertz CT molecular complexity index is 1530. The van der Waals surface area contributed by atoms with Crippen molar-refractivity contribution in [2.45, 2.75) is 76.2 Å². The number of hydrogen-bond acceptors (Lipinski definition) is 4. The van der Waals surface area contributed by atoms with Crippen LogP contribution in [0.25, 0.3) is 32.8 Å². The van der Waals surface area contributed by atoms with Gasteiger partial charge in [-0.05, 0) is 47.8 Å². The second kappa shape index (κ2) is 12.1. The molecule has 4 nitrogen and oxygen atoms in total. The van der Waals surface area contributed by atoms with Crippen molar-refractivity contribution in [2.24, 2.45) is 10.8 Å². The number of aryl methyl sites for hydroxylation is 4. The number of rotatable bonds is 2. The van der Waals surface area contributed by atoms with E-state index in [-0.39, 0.29) is 37.1 Å². The number of hydrogen-bond donors (Lipinski definition) is 1. The van der Waals surface area contributed by atoms with Gasteiger partial charge < -0.3 is 10.1 Å². The summed E-state index contributed by atoms with van der Waals surface area (Å²) in [6.07, 6.45) is 3.24. The van der Waals surface area contributed by atoms with Crippen molar-refractivity contribution < 1.29 is 30.0 Å². The average molecular weight is 702 g/mol. The molecular formula is C34H41IrN2O2-. The summed E-state index contributed by atoms with van der Waals surface area (Å²) in [6.45, 7) is 21.7. The third-order valence-corrected chi connectivity index (χ3v) is 6.94. The predicted molar refractivity (Wildman–Crippen MR) is 160 cm³/mol. The van der Waals surface area contributed by atoms with Gasteiger partial charge in [-0.2, -0.15) is 0 Å². The molecule has 39 heavy (non-hydrogen) atoms. The van der Waals surface area contributed by atoms with E-state index in [9.17, 15) is 9.90 Å². The van der Waals surface area contributed by atoms with Crippen LogP contribution in [0.1, 0.15) is 69.6 Å². The van der Waals surface area contributed by atoms with Crippen LogP contribution < -0.4 is 0 Å². The van der Waals surface area contributed by atoms with Gasteiger partial charge in [-0.1, -0.05) is 74.4 Å². The van der Waals surface area contributed by atoms with Gasteiger partial charge in [0.2, 0.25) is 0 Å². The number of pyridine rings is 2. The maximum Gasteiger partial charge on any atom is 0.164 e. The quantitative estimate of drug-likeness (QED) is 0.0982. The van der Waals surface area contributed by atoms with Crippen LogP contribution in [0.5, 0.6) is 0 Å². The Morgan fingerprint density at radius 2 is 1.46 bits per heavy atom. The third-order valence-electron chi connectivity index (χ3n) is 6.94. The van der Waals surface area contributed by atoms with Crippen LogP contribution in [-0.2, 0) is 24.9 Å². The Balaban J connectivity index is 0.000000328. The molecule has 4 aromatic rings. The van der Waals surface area contributed by atoms with E-state index in [0.717, 1.165) is 22.6 Å². The summed E-state index contributed by atoms with van der Waals surface area (Å²) in [7, 11) is 0. The van der Waals surface area contributed by atoms with E-state index in [2.05, 4.69) is 69.1 Å². The Morgan fingerprint density at radius 1 is 0.846 bits per heavy atom. The Kier molecular flexibility index (Phi) is 10.0. The van der Waals surface area contributed by atoms with Gasteiger partial charge >= 0.3 is 0 Å². The molecule has 0 aliphatic heterocycles. The van der Waals surface area contributed by atoms with Crippen molar-refractivity contribution in [3.05, 3.63) is 82.5 Å². The van der Waals surface area contributed by atoms with Gasteiger partial charge in [0.1, 0.15) is 5.76 Å². The number of aliphatic hydroxyl groups excluding tert-OH is 1. The summed E-state index contributed by atoms with van der Waals surface area (Å²) in [5, 5.41) is 14.4. The number of allylic oxidation sites excluding steroid dienone is 2. The van der Waals surface area contributed by atoms with Crippen molar-refractivity contribution in [1.29, 1.82) is 0 Å². The standard InChI is InChI=1S/C23H21N2.C11H20O2.Ir/c1-13-10-18(11-14(2)16(13)4)23-21-7-6-19-17(5)25-15(3)12-22(19)20(21)8-9-24-23;1-10(2,3)8(12)7-9(13)11(4,5)6;/h6-10,12H,1-5H3;7,12H,1-6H3;/q-1;;/b;8-7-;. The number of benzene rings is 2. The molecule has 0 spiro atoms. The van der Waals surface area contributed by atoms with E-state index in [1.165, 1.54) is 44.3 Å². The van der Waals surface area contributed by atoms with Crippen molar-refractivity contribution >= 4 is 27.3 Å². The maximum absolute atomic E-state index is 11.5. The number of ketones is 1. The minimum atomic E-state index is -0.417. The first kappa shape index (κ1) is 32.3. The minimum Gasteiger partial charge on any atom is -0.512 e. The topological polar surface area (TPSA) is 63.1 Å². The molecule has 0 aliphatic carbocycles. The molecule has 0 unspecified atom stereocenters. The van der Waals surface area contributed by atoms with Gasteiger partial charge in [0, 0.05) is 60.0 Å². The Labute approximate surface area is 247 Å². The fourth-order valence-corrected chi connectivity index (χ4v) is 4.17. The second-order valence-corrected chi connectivity index (χ2v) is 12.3. The second-order valence-electron chi connectivity index (χ2n) is 12.3. The summed E-state index contributed by atoms with van der Waals surface area (Å²) < 4.78 is 0. The Morgan fingerprint density at radius 3 is 2.03 bits per heavy atom. The molecule has 1 N–H and O–H groups in total. The van der Waals surface area contributed by atoms with E-state index >= 15 is 0 Å². The number of carbonyl (C=O) groups is 1. The zero-order chi connectivity index (χ0) is 28.6. The predicted octanol–water partition coefficient (Wildman–Crippen LogP) is 8.88. The number of aliphatic hydroxyl groups is 1. The number of fused-ring (bicyclic) bond motifs is 3. The van der Waals surface area contributed by atoms with Crippen LogP contribution >= 0.6 is 0 Å². The summed E-state index contributed by atoms with van der Waals surface area (Å²) in [4.78, 5) is 20.8. The molecule has 0 aliphatic rings. The number of aromatic nitrogens is 2. The Hall–Kier alpha value is -2.88. The molecule has 0 bridgehead atoms. The van der Waals surface area contributed by atoms with Crippen LogP contribution in [0.3, 0.4) is 0 Å². The zero-order valence-corrected chi connectivity index (χ0v) is 27.5. The molecule has 0 amide bonds. The molecule has 2 heterocycles. The van der Waals surface area contributed by atoms with Crippen molar-refractivity contribution in [3.63, 3.8) is 0 Å². The summed E-state index contributed by atoms with van der Waals surface area (Å²) in [5.74, 6) is 0.104. The summed E-state index contributed by atoms with van der Waals surface area (Å²) in [5.41, 5.74) is 7.18. The van der Waals surface area contributed by atoms with E-state index in [4.69, 9.17) is 4.98 Å². The molecular weight excluding hydrogens is 661 g/mol. The number of carbonyl (C=O) groups excluding carboxylic acids is 1. The third kappa shape index (κ3) is 7.41. The first-order chi connectivity index (χ1) is 17.5. The maximum atomic E-state index is 11.5. The van der Waals surface area contributed by atoms with Crippen LogP contribution in [0.15, 0.2) is 48.4 Å². The fraction of sp³-hybridized carbons (Fsp3) is 0.382. The molecule has 1 radical (unpaired) electrons. The van der Waals surface area contributed by atoms with Gasteiger partial charge in [0.25, 0.3) is 0 Å².